The van der Waals surface area contributed by atoms with Crippen LogP contribution in [0.25, 0.3) is 0 Å². The van der Waals surface area contributed by atoms with Crippen LogP contribution in [0.2, 0.25) is 0 Å². The number of rotatable bonds is 14. The van der Waals surface area contributed by atoms with Gasteiger partial charge in [0.1, 0.15) is 25.9 Å². The molecule has 188 valence electrons. The molecule has 2 heterocycles. The molecule has 2 aliphatic heterocycles. The standard InChI is InChI=1S/C12H20O5.C11H20O3.HI.Na/c1-3-5-6-9(4-2)11(13)15-7-10-8-16-12(14)17-10;1-3-5-6-9(4-2)11(12)14-8-10-7-13-10;;/h9-10H,3-8H2,1-2H3;9-10H,3-8H2,1-2H3;1H;/q;;;+1/p-1. The summed E-state index contributed by atoms with van der Waals surface area (Å²) in [4.78, 5) is 33.9. The van der Waals surface area contributed by atoms with Crippen molar-refractivity contribution in [3.63, 3.8) is 0 Å². The van der Waals surface area contributed by atoms with Crippen LogP contribution >= 0.6 is 0 Å². The number of hydrogen-bond acceptors (Lipinski definition) is 8. The van der Waals surface area contributed by atoms with E-state index in [2.05, 4.69) is 18.6 Å². The Kier molecular flexibility index (Phi) is 22.5. The van der Waals surface area contributed by atoms with Gasteiger partial charge in [0, 0.05) is 0 Å². The number of halogens is 1. The largest absolute Gasteiger partial charge is 1.00 e. The first-order chi connectivity index (χ1) is 14.9. The van der Waals surface area contributed by atoms with Crippen molar-refractivity contribution in [1.29, 1.82) is 0 Å². The second kappa shape index (κ2) is 21.2. The first kappa shape index (κ1) is 35.1. The molecule has 2 rings (SSSR count). The number of carbonyl (C=O) groups excluding carboxylic acids is 3. The third-order valence-corrected chi connectivity index (χ3v) is 5.34. The summed E-state index contributed by atoms with van der Waals surface area (Å²) >= 11 is 0. The van der Waals surface area contributed by atoms with E-state index in [9.17, 15) is 14.4 Å². The minimum Gasteiger partial charge on any atom is -1.00 e. The number of ether oxygens (including phenoxy) is 5. The van der Waals surface area contributed by atoms with Crippen LogP contribution < -0.4 is 53.5 Å². The summed E-state index contributed by atoms with van der Waals surface area (Å²) in [5, 5.41) is 0. The van der Waals surface area contributed by atoms with Crippen molar-refractivity contribution in [3.05, 3.63) is 0 Å². The molecule has 0 spiro atoms. The Bertz CT molecular complexity index is 545. The van der Waals surface area contributed by atoms with Gasteiger partial charge in [-0.25, -0.2) is 4.79 Å². The van der Waals surface area contributed by atoms with Crippen LogP contribution in [0.1, 0.15) is 79.1 Å². The first-order valence-electron chi connectivity index (χ1n) is 11.7. The fourth-order valence-corrected chi connectivity index (χ4v) is 3.08. The van der Waals surface area contributed by atoms with E-state index in [1.165, 1.54) is 0 Å². The molecule has 0 aliphatic carbocycles. The monoisotopic (exact) mass is 594 g/mol. The Morgan fingerprint density at radius 2 is 1.33 bits per heavy atom. The maximum Gasteiger partial charge on any atom is 1.00 e. The van der Waals surface area contributed by atoms with E-state index < -0.39 is 12.3 Å². The predicted molar refractivity (Wildman–Crippen MR) is 114 cm³/mol. The normalized spacial score (nSPS) is 19.8. The average Bonchev–Trinajstić information content (AvgIpc) is 3.51. The predicted octanol–water partition coefficient (Wildman–Crippen LogP) is -1.57. The van der Waals surface area contributed by atoms with E-state index >= 15 is 0 Å². The van der Waals surface area contributed by atoms with Gasteiger partial charge in [-0.15, -0.1) is 0 Å². The minimum atomic E-state index is -0.691. The molecule has 0 radical (unpaired) electrons. The number of unbranched alkanes of at least 4 members (excludes halogenated alkanes) is 2. The third-order valence-electron chi connectivity index (χ3n) is 5.34. The first-order valence-corrected chi connectivity index (χ1v) is 11.7. The molecule has 2 aliphatic rings. The quantitative estimate of drug-likeness (QED) is 0.0783. The van der Waals surface area contributed by atoms with Crippen LogP contribution in [0.5, 0.6) is 0 Å². The fourth-order valence-electron chi connectivity index (χ4n) is 3.08. The summed E-state index contributed by atoms with van der Waals surface area (Å²) in [5.41, 5.74) is 0. The maximum absolute atomic E-state index is 11.7. The molecule has 2 saturated heterocycles. The Morgan fingerprint density at radius 1 is 0.879 bits per heavy atom. The van der Waals surface area contributed by atoms with Crippen molar-refractivity contribution < 1.29 is 91.6 Å². The van der Waals surface area contributed by atoms with Gasteiger partial charge in [0.25, 0.3) is 0 Å². The molecular weight excluding hydrogens is 554 g/mol. The van der Waals surface area contributed by atoms with E-state index in [4.69, 9.17) is 18.9 Å². The van der Waals surface area contributed by atoms with Crippen molar-refractivity contribution in [2.75, 3.05) is 26.4 Å². The zero-order valence-electron chi connectivity index (χ0n) is 20.9. The number of hydrogen-bond donors (Lipinski definition) is 0. The van der Waals surface area contributed by atoms with Crippen molar-refractivity contribution in [3.8, 4) is 0 Å². The number of esters is 2. The van der Waals surface area contributed by atoms with E-state index in [0.717, 1.165) is 58.0 Å². The van der Waals surface area contributed by atoms with Gasteiger partial charge < -0.3 is 47.7 Å². The van der Waals surface area contributed by atoms with Crippen LogP contribution in [-0.2, 0) is 33.3 Å². The summed E-state index contributed by atoms with van der Waals surface area (Å²) in [6, 6.07) is 0. The summed E-state index contributed by atoms with van der Waals surface area (Å²) in [5.74, 6) is -0.206. The molecule has 0 bridgehead atoms. The van der Waals surface area contributed by atoms with E-state index in [1.807, 2.05) is 13.8 Å². The zero-order chi connectivity index (χ0) is 23.1. The van der Waals surface area contributed by atoms with E-state index in [-0.39, 0.29) is 96.6 Å². The smallest absolute Gasteiger partial charge is 1.00 e. The molecule has 2 fully saturated rings. The molecule has 0 amide bonds. The summed E-state index contributed by atoms with van der Waals surface area (Å²) in [6.07, 6.45) is 6.84. The van der Waals surface area contributed by atoms with Gasteiger partial charge in [-0.2, -0.15) is 0 Å². The number of carbonyl (C=O) groups is 3. The van der Waals surface area contributed by atoms with Gasteiger partial charge >= 0.3 is 47.7 Å². The van der Waals surface area contributed by atoms with Crippen molar-refractivity contribution in [1.82, 2.24) is 0 Å². The Morgan fingerprint density at radius 3 is 1.67 bits per heavy atom. The Balaban J connectivity index is 0. The van der Waals surface area contributed by atoms with Gasteiger partial charge in [-0.1, -0.05) is 53.4 Å². The molecule has 4 unspecified atom stereocenters. The van der Waals surface area contributed by atoms with Gasteiger partial charge in [0.15, 0.2) is 6.10 Å². The molecule has 10 heteroatoms. The summed E-state index contributed by atoms with van der Waals surface area (Å²) < 4.78 is 24.6. The maximum atomic E-state index is 11.7. The third kappa shape index (κ3) is 16.2. The molecule has 33 heavy (non-hydrogen) atoms. The zero-order valence-corrected chi connectivity index (χ0v) is 25.1. The van der Waals surface area contributed by atoms with Crippen LogP contribution in [0, 0.1) is 11.8 Å². The molecule has 0 aromatic rings. The van der Waals surface area contributed by atoms with Crippen LogP contribution in [0.3, 0.4) is 0 Å². The molecule has 0 aromatic carbocycles. The second-order valence-electron chi connectivity index (χ2n) is 8.01. The van der Waals surface area contributed by atoms with Gasteiger partial charge in [0.05, 0.1) is 18.4 Å². The number of epoxide rings is 1. The molecule has 0 N–H and O–H groups in total. The number of cyclic esters (lactones) is 2. The van der Waals surface area contributed by atoms with Gasteiger partial charge in [0.2, 0.25) is 0 Å². The second-order valence-corrected chi connectivity index (χ2v) is 8.01. The van der Waals surface area contributed by atoms with Gasteiger partial charge in [-0.05, 0) is 25.7 Å². The van der Waals surface area contributed by atoms with Crippen molar-refractivity contribution >= 4 is 18.1 Å². The molecule has 0 aromatic heterocycles. The van der Waals surface area contributed by atoms with Crippen molar-refractivity contribution in [2.24, 2.45) is 11.8 Å². The van der Waals surface area contributed by atoms with E-state index in [1.54, 1.807) is 0 Å². The van der Waals surface area contributed by atoms with Crippen LogP contribution in [0.15, 0.2) is 0 Å². The average molecular weight is 594 g/mol. The summed E-state index contributed by atoms with van der Waals surface area (Å²) in [6.45, 7) is 9.69. The molecule has 4 atom stereocenters. The topological polar surface area (TPSA) is 101 Å². The molecule has 8 nitrogen and oxygen atoms in total. The Labute approximate surface area is 237 Å². The van der Waals surface area contributed by atoms with Crippen LogP contribution in [-0.4, -0.2) is 56.7 Å². The molecule has 0 saturated carbocycles. The van der Waals surface area contributed by atoms with E-state index in [0.29, 0.717) is 6.61 Å². The fraction of sp³-hybridized carbons (Fsp3) is 0.870. The van der Waals surface area contributed by atoms with Crippen molar-refractivity contribution in [2.45, 2.75) is 91.3 Å². The molecular formula is C23H40INaO8. The summed E-state index contributed by atoms with van der Waals surface area (Å²) in [7, 11) is 0. The SMILES string of the molecule is CCCCC(CC)C(=O)OCC1CO1.CCCCC(CC)C(=O)OCC1COC(=O)O1.[I-].[Na+]. The van der Waals surface area contributed by atoms with Gasteiger partial charge in [-0.3, -0.25) is 9.59 Å². The Hall–Kier alpha value is -0.100. The van der Waals surface area contributed by atoms with Crippen LogP contribution in [0.4, 0.5) is 4.79 Å². The minimum absolute atomic E-state index is 0.